The van der Waals surface area contributed by atoms with E-state index in [9.17, 15) is 4.79 Å². The number of hydrogen-bond acceptors (Lipinski definition) is 4. The lowest BCUT2D eigenvalue weighted by Gasteiger charge is -2.39. The van der Waals surface area contributed by atoms with Gasteiger partial charge in [-0.3, -0.25) is 14.7 Å². The van der Waals surface area contributed by atoms with Crippen molar-refractivity contribution in [3.05, 3.63) is 29.8 Å². The highest BCUT2D eigenvalue weighted by atomic mass is 127. The molecule has 8 heteroatoms. The molecule has 1 saturated carbocycles. The van der Waals surface area contributed by atoms with Crippen LogP contribution in [0.15, 0.2) is 29.3 Å². The fraction of sp³-hybridized carbons (Fsp3) is 0.680. The first-order valence-electron chi connectivity index (χ1n) is 12.4. The number of carbonyl (C=O) groups excluding carboxylic acids is 1. The number of piperazine rings is 1. The maximum Gasteiger partial charge on any atom is 0.239 e. The fourth-order valence-electron chi connectivity index (χ4n) is 5.14. The van der Waals surface area contributed by atoms with Crippen LogP contribution in [0.2, 0.25) is 0 Å². The fourth-order valence-corrected chi connectivity index (χ4v) is 5.14. The second kappa shape index (κ2) is 12.8. The SMILES string of the molecule is CN=C(NCc1ccccc1OC1CCCC1)N1CCN(C(C)C(=O)N2CCCC2)CC1.I. The molecule has 2 heterocycles. The molecule has 1 aromatic carbocycles. The molecule has 1 aliphatic carbocycles. The molecule has 3 fully saturated rings. The summed E-state index contributed by atoms with van der Waals surface area (Å²) in [5, 5.41) is 3.53. The smallest absolute Gasteiger partial charge is 0.239 e. The summed E-state index contributed by atoms with van der Waals surface area (Å²) < 4.78 is 6.29. The number of carbonyl (C=O) groups is 1. The Kier molecular flexibility index (Phi) is 10.1. The van der Waals surface area contributed by atoms with Gasteiger partial charge in [0.15, 0.2) is 5.96 Å². The van der Waals surface area contributed by atoms with Crippen molar-refractivity contribution < 1.29 is 9.53 Å². The summed E-state index contributed by atoms with van der Waals surface area (Å²) in [6.45, 7) is 8.10. The average molecular weight is 570 g/mol. The minimum Gasteiger partial charge on any atom is -0.490 e. The number of amides is 1. The molecule has 1 unspecified atom stereocenters. The number of guanidine groups is 1. The lowest BCUT2D eigenvalue weighted by molar-refractivity contribution is -0.135. The molecule has 33 heavy (non-hydrogen) atoms. The Balaban J connectivity index is 0.00000306. The number of likely N-dealkylation sites (tertiary alicyclic amines) is 1. The van der Waals surface area contributed by atoms with Gasteiger partial charge in [-0.15, -0.1) is 24.0 Å². The number of benzene rings is 1. The van der Waals surface area contributed by atoms with E-state index in [4.69, 9.17) is 4.74 Å². The summed E-state index contributed by atoms with van der Waals surface area (Å²) >= 11 is 0. The maximum atomic E-state index is 12.8. The van der Waals surface area contributed by atoms with Crippen molar-refractivity contribution in [1.82, 2.24) is 20.0 Å². The molecule has 0 aromatic heterocycles. The van der Waals surface area contributed by atoms with Crippen LogP contribution in [-0.4, -0.2) is 85.0 Å². The number of ether oxygens (including phenoxy) is 1. The van der Waals surface area contributed by atoms with E-state index in [1.54, 1.807) is 0 Å². The zero-order valence-corrected chi connectivity index (χ0v) is 22.5. The molecule has 184 valence electrons. The van der Waals surface area contributed by atoms with Gasteiger partial charge in [-0.2, -0.15) is 0 Å². The van der Waals surface area contributed by atoms with E-state index in [1.807, 2.05) is 18.0 Å². The lowest BCUT2D eigenvalue weighted by Crippen LogP contribution is -2.57. The predicted molar refractivity (Wildman–Crippen MR) is 143 cm³/mol. The molecule has 1 N–H and O–H groups in total. The van der Waals surface area contributed by atoms with Crippen LogP contribution in [0.4, 0.5) is 0 Å². The molecule has 0 bridgehead atoms. The second-order valence-electron chi connectivity index (χ2n) is 9.26. The van der Waals surface area contributed by atoms with Gasteiger partial charge >= 0.3 is 0 Å². The third-order valence-electron chi connectivity index (χ3n) is 7.15. The Bertz CT molecular complexity index is 785. The maximum absolute atomic E-state index is 12.8. The number of nitrogens with zero attached hydrogens (tertiary/aromatic N) is 4. The summed E-state index contributed by atoms with van der Waals surface area (Å²) in [5.41, 5.74) is 1.17. The molecule has 1 atom stereocenters. The molecule has 0 radical (unpaired) electrons. The topological polar surface area (TPSA) is 60.4 Å². The zero-order valence-electron chi connectivity index (χ0n) is 20.2. The van der Waals surface area contributed by atoms with Crippen LogP contribution in [0.25, 0.3) is 0 Å². The van der Waals surface area contributed by atoms with E-state index in [1.165, 1.54) is 18.4 Å². The monoisotopic (exact) mass is 569 g/mol. The van der Waals surface area contributed by atoms with Crippen LogP contribution in [0.1, 0.15) is 51.0 Å². The number of rotatable bonds is 6. The molecule has 2 saturated heterocycles. The summed E-state index contributed by atoms with van der Waals surface area (Å²) in [6.07, 6.45) is 7.50. The summed E-state index contributed by atoms with van der Waals surface area (Å²) in [5.74, 6) is 2.19. The van der Waals surface area contributed by atoms with E-state index in [0.29, 0.717) is 12.6 Å². The second-order valence-corrected chi connectivity index (χ2v) is 9.26. The first-order chi connectivity index (χ1) is 15.7. The number of aliphatic imine (C=N–C) groups is 1. The average Bonchev–Trinajstić information content (AvgIpc) is 3.55. The van der Waals surface area contributed by atoms with Gasteiger partial charge in [0.2, 0.25) is 5.91 Å². The van der Waals surface area contributed by atoms with Crippen LogP contribution in [0.5, 0.6) is 5.75 Å². The van der Waals surface area contributed by atoms with Crippen molar-refractivity contribution in [3.8, 4) is 5.75 Å². The van der Waals surface area contributed by atoms with Gasteiger partial charge in [0.1, 0.15) is 5.75 Å². The standard InChI is InChI=1S/C25H39N5O2.HI/c1-20(24(31)29-13-7-8-14-29)28-15-17-30(18-16-28)25(26-2)27-19-21-9-3-6-12-23(21)32-22-10-4-5-11-22;/h3,6,9,12,20,22H,4-5,7-8,10-11,13-19H2,1-2H3,(H,26,27);1H. The van der Waals surface area contributed by atoms with Gasteiger partial charge in [-0.05, 0) is 51.5 Å². The van der Waals surface area contributed by atoms with Crippen LogP contribution in [0.3, 0.4) is 0 Å². The van der Waals surface area contributed by atoms with E-state index >= 15 is 0 Å². The van der Waals surface area contributed by atoms with Crippen molar-refractivity contribution >= 4 is 35.8 Å². The number of para-hydroxylation sites is 1. The molecule has 1 aromatic rings. The van der Waals surface area contributed by atoms with Gasteiger partial charge in [-0.25, -0.2) is 0 Å². The summed E-state index contributed by atoms with van der Waals surface area (Å²) in [7, 11) is 1.84. The molecule has 7 nitrogen and oxygen atoms in total. The highest BCUT2D eigenvalue weighted by Gasteiger charge is 2.30. The van der Waals surface area contributed by atoms with Crippen molar-refractivity contribution in [2.24, 2.45) is 4.99 Å². The van der Waals surface area contributed by atoms with Crippen molar-refractivity contribution in [2.45, 2.75) is 64.1 Å². The Labute approximate surface area is 215 Å². The first-order valence-corrected chi connectivity index (χ1v) is 12.4. The summed E-state index contributed by atoms with van der Waals surface area (Å²) in [4.78, 5) is 23.9. The Morgan fingerprint density at radius 3 is 2.36 bits per heavy atom. The van der Waals surface area contributed by atoms with Gasteiger partial charge in [-0.1, -0.05) is 18.2 Å². The van der Waals surface area contributed by atoms with Crippen LogP contribution >= 0.6 is 24.0 Å². The molecule has 0 spiro atoms. The minimum absolute atomic E-state index is 0. The zero-order chi connectivity index (χ0) is 22.3. The normalized spacial score (nSPS) is 21.1. The summed E-state index contributed by atoms with van der Waals surface area (Å²) in [6, 6.07) is 8.29. The third-order valence-corrected chi connectivity index (χ3v) is 7.15. The van der Waals surface area contributed by atoms with E-state index in [-0.39, 0.29) is 35.9 Å². The van der Waals surface area contributed by atoms with Crippen molar-refractivity contribution in [1.29, 1.82) is 0 Å². The molecule has 1 amide bonds. The predicted octanol–water partition coefficient (Wildman–Crippen LogP) is 3.33. The minimum atomic E-state index is -0.0372. The molecular weight excluding hydrogens is 529 g/mol. The highest BCUT2D eigenvalue weighted by Crippen LogP contribution is 2.26. The highest BCUT2D eigenvalue weighted by molar-refractivity contribution is 14.0. The van der Waals surface area contributed by atoms with Crippen LogP contribution < -0.4 is 10.1 Å². The van der Waals surface area contributed by atoms with Gasteiger partial charge < -0.3 is 19.9 Å². The Morgan fingerprint density at radius 2 is 1.70 bits per heavy atom. The number of halogens is 1. The van der Waals surface area contributed by atoms with Crippen molar-refractivity contribution in [3.63, 3.8) is 0 Å². The Hall–Kier alpha value is -1.55. The lowest BCUT2D eigenvalue weighted by atomic mass is 10.2. The van der Waals surface area contributed by atoms with Gasteiger partial charge in [0, 0.05) is 58.4 Å². The Morgan fingerprint density at radius 1 is 1.03 bits per heavy atom. The molecule has 4 rings (SSSR count). The third kappa shape index (κ3) is 6.74. The van der Waals surface area contributed by atoms with Gasteiger partial charge in [0.05, 0.1) is 12.1 Å². The largest absolute Gasteiger partial charge is 0.490 e. The van der Waals surface area contributed by atoms with Crippen LogP contribution in [0, 0.1) is 0 Å². The molecule has 3 aliphatic rings. The molecular formula is C25H40IN5O2. The quantitative estimate of drug-likeness (QED) is 0.324. The van der Waals surface area contributed by atoms with Crippen LogP contribution in [-0.2, 0) is 11.3 Å². The first kappa shape index (κ1) is 26.1. The van der Waals surface area contributed by atoms with E-state index in [0.717, 1.165) is 76.7 Å². The van der Waals surface area contributed by atoms with E-state index in [2.05, 4.69) is 45.2 Å². The number of nitrogens with one attached hydrogen (secondary N) is 1. The molecule has 2 aliphatic heterocycles. The van der Waals surface area contributed by atoms with Crippen molar-refractivity contribution in [2.75, 3.05) is 46.3 Å². The van der Waals surface area contributed by atoms with E-state index < -0.39 is 0 Å². The van der Waals surface area contributed by atoms with Gasteiger partial charge in [0.25, 0.3) is 0 Å². The number of hydrogen-bond donors (Lipinski definition) is 1.